The van der Waals surface area contributed by atoms with Crippen molar-refractivity contribution in [2.75, 3.05) is 13.1 Å². The van der Waals surface area contributed by atoms with Gasteiger partial charge in [-0.1, -0.05) is 12.1 Å². The Labute approximate surface area is 139 Å². The molecule has 2 aromatic rings. The molecule has 3 rings (SSSR count). The first-order valence-electron chi connectivity index (χ1n) is 7.77. The van der Waals surface area contributed by atoms with E-state index in [2.05, 4.69) is 5.10 Å². The molecule has 1 fully saturated rings. The lowest BCUT2D eigenvalue weighted by atomic mass is 10.1. The van der Waals surface area contributed by atoms with Gasteiger partial charge in [0, 0.05) is 24.5 Å². The molecule has 1 N–H and O–H groups in total. The fraction of sp³-hybridized carbons (Fsp3) is 0.353. The summed E-state index contributed by atoms with van der Waals surface area (Å²) in [6.07, 6.45) is 2.32. The lowest BCUT2D eigenvalue weighted by molar-refractivity contribution is -0.160. The van der Waals surface area contributed by atoms with Crippen molar-refractivity contribution in [3.63, 3.8) is 0 Å². The Morgan fingerprint density at radius 2 is 2.04 bits per heavy atom. The summed E-state index contributed by atoms with van der Waals surface area (Å²) in [6, 6.07) is 9.14. The number of carboxylic acid groups (broad SMARTS) is 1. The summed E-state index contributed by atoms with van der Waals surface area (Å²) < 4.78 is 7.14. The van der Waals surface area contributed by atoms with Crippen molar-refractivity contribution < 1.29 is 19.4 Å². The normalized spacial score (nSPS) is 20.8. The van der Waals surface area contributed by atoms with Crippen molar-refractivity contribution in [3.05, 3.63) is 53.9 Å². The average Bonchev–Trinajstić information content (AvgIpc) is 3.07. The van der Waals surface area contributed by atoms with Crippen LogP contribution < -0.4 is 0 Å². The Kier molecular flexibility index (Phi) is 4.61. The lowest BCUT2D eigenvalue weighted by Crippen LogP contribution is -2.51. The molecule has 1 saturated heterocycles. The molecule has 7 nitrogen and oxygen atoms in total. The monoisotopic (exact) mass is 329 g/mol. The largest absolute Gasteiger partial charge is 0.479 e. The summed E-state index contributed by atoms with van der Waals surface area (Å²) in [5.41, 5.74) is 1.58. The Hall–Kier alpha value is -2.67. The van der Waals surface area contributed by atoms with Crippen LogP contribution in [0.25, 0.3) is 0 Å². The summed E-state index contributed by atoms with van der Waals surface area (Å²) in [4.78, 5) is 25.3. The number of ether oxygens (including phenoxy) is 1. The van der Waals surface area contributed by atoms with Gasteiger partial charge in [0.05, 0.1) is 19.2 Å². The van der Waals surface area contributed by atoms with E-state index >= 15 is 0 Å². The maximum atomic E-state index is 12.6. The lowest BCUT2D eigenvalue weighted by Gasteiger charge is -2.35. The summed E-state index contributed by atoms with van der Waals surface area (Å²) in [5, 5.41) is 13.3. The van der Waals surface area contributed by atoms with Gasteiger partial charge in [0.2, 0.25) is 0 Å². The maximum absolute atomic E-state index is 12.6. The predicted molar refractivity (Wildman–Crippen MR) is 85.6 cm³/mol. The number of amides is 1. The van der Waals surface area contributed by atoms with Gasteiger partial charge in [0.15, 0.2) is 6.10 Å². The maximum Gasteiger partial charge on any atom is 0.334 e. The number of carbonyl (C=O) groups is 2. The third kappa shape index (κ3) is 3.62. The number of hydrogen-bond donors (Lipinski definition) is 1. The molecule has 1 amide bonds. The zero-order chi connectivity index (χ0) is 17.1. The van der Waals surface area contributed by atoms with Crippen LogP contribution in [-0.4, -0.2) is 57.0 Å². The first-order valence-corrected chi connectivity index (χ1v) is 7.77. The van der Waals surface area contributed by atoms with E-state index in [1.54, 1.807) is 29.9 Å². The van der Waals surface area contributed by atoms with Crippen molar-refractivity contribution >= 4 is 11.9 Å². The minimum atomic E-state index is -1.05. The summed E-state index contributed by atoms with van der Waals surface area (Å²) >= 11 is 0. The van der Waals surface area contributed by atoms with Crippen LogP contribution in [0.1, 0.15) is 22.8 Å². The highest BCUT2D eigenvalue weighted by Gasteiger charge is 2.32. The van der Waals surface area contributed by atoms with Crippen LogP contribution in [0.4, 0.5) is 0 Å². The molecule has 1 aliphatic rings. The van der Waals surface area contributed by atoms with Crippen molar-refractivity contribution in [3.8, 4) is 0 Å². The van der Waals surface area contributed by atoms with Gasteiger partial charge in [0.25, 0.3) is 5.91 Å². The molecule has 0 aliphatic carbocycles. The fourth-order valence-corrected chi connectivity index (χ4v) is 2.77. The van der Waals surface area contributed by atoms with E-state index in [0.29, 0.717) is 18.7 Å². The van der Waals surface area contributed by atoms with Crippen LogP contribution in [0.15, 0.2) is 42.7 Å². The van der Waals surface area contributed by atoms with Crippen molar-refractivity contribution in [1.82, 2.24) is 14.7 Å². The van der Waals surface area contributed by atoms with Crippen molar-refractivity contribution in [2.24, 2.45) is 0 Å². The third-order valence-corrected chi connectivity index (χ3v) is 3.93. The van der Waals surface area contributed by atoms with E-state index in [1.807, 2.05) is 24.4 Å². The first kappa shape index (κ1) is 16.2. The quantitative estimate of drug-likeness (QED) is 0.912. The SMILES string of the molecule is C[C@@H]1CN(C(=O)c2ccc(Cn3cccn3)cc2)CC(C(=O)O)O1. The smallest absolute Gasteiger partial charge is 0.334 e. The van der Waals surface area contributed by atoms with Gasteiger partial charge in [-0.05, 0) is 30.7 Å². The number of nitrogens with zero attached hydrogens (tertiary/aromatic N) is 3. The fourth-order valence-electron chi connectivity index (χ4n) is 2.77. The highest BCUT2D eigenvalue weighted by atomic mass is 16.5. The van der Waals surface area contributed by atoms with Crippen LogP contribution >= 0.6 is 0 Å². The molecule has 1 aliphatic heterocycles. The molecule has 1 aromatic heterocycles. The number of carbonyl (C=O) groups excluding carboxylic acids is 1. The molecule has 0 radical (unpaired) electrons. The highest BCUT2D eigenvalue weighted by molar-refractivity contribution is 5.94. The minimum Gasteiger partial charge on any atom is -0.479 e. The summed E-state index contributed by atoms with van der Waals surface area (Å²) in [7, 11) is 0. The Balaban J connectivity index is 1.69. The molecule has 0 bridgehead atoms. The summed E-state index contributed by atoms with van der Waals surface area (Å²) in [5.74, 6) is -1.23. The van der Waals surface area contributed by atoms with Crippen LogP contribution in [0.3, 0.4) is 0 Å². The molecular weight excluding hydrogens is 310 g/mol. The van der Waals surface area contributed by atoms with Crippen molar-refractivity contribution in [2.45, 2.75) is 25.7 Å². The number of aliphatic carboxylic acids is 1. The number of hydrogen-bond acceptors (Lipinski definition) is 4. The Morgan fingerprint density at radius 3 is 2.67 bits per heavy atom. The van der Waals surface area contributed by atoms with Gasteiger partial charge < -0.3 is 14.7 Å². The molecule has 126 valence electrons. The van der Waals surface area contributed by atoms with Crippen LogP contribution in [0, 0.1) is 0 Å². The van der Waals surface area contributed by atoms with E-state index < -0.39 is 12.1 Å². The van der Waals surface area contributed by atoms with E-state index in [1.165, 1.54) is 4.90 Å². The van der Waals surface area contributed by atoms with Gasteiger partial charge >= 0.3 is 5.97 Å². The molecule has 1 unspecified atom stereocenters. The second-order valence-electron chi connectivity index (χ2n) is 5.88. The van der Waals surface area contributed by atoms with E-state index in [9.17, 15) is 9.59 Å². The van der Waals surface area contributed by atoms with E-state index in [4.69, 9.17) is 9.84 Å². The number of carboxylic acids is 1. The summed E-state index contributed by atoms with van der Waals surface area (Å²) in [6.45, 7) is 2.85. The minimum absolute atomic E-state index is 0.0630. The number of morpholine rings is 1. The van der Waals surface area contributed by atoms with Crippen LogP contribution in [0.5, 0.6) is 0 Å². The van der Waals surface area contributed by atoms with Gasteiger partial charge in [-0.2, -0.15) is 5.10 Å². The first-order chi connectivity index (χ1) is 11.5. The topological polar surface area (TPSA) is 84.7 Å². The molecular formula is C17H19N3O4. The van der Waals surface area contributed by atoms with Gasteiger partial charge in [-0.15, -0.1) is 0 Å². The molecule has 0 saturated carbocycles. The van der Waals surface area contributed by atoms with E-state index in [-0.39, 0.29) is 18.6 Å². The van der Waals surface area contributed by atoms with Gasteiger partial charge in [-0.3, -0.25) is 9.48 Å². The second kappa shape index (κ2) is 6.84. The van der Waals surface area contributed by atoms with Crippen LogP contribution in [-0.2, 0) is 16.1 Å². The van der Waals surface area contributed by atoms with E-state index in [0.717, 1.165) is 5.56 Å². The molecule has 1 aromatic carbocycles. The third-order valence-electron chi connectivity index (χ3n) is 3.93. The second-order valence-corrected chi connectivity index (χ2v) is 5.88. The average molecular weight is 329 g/mol. The zero-order valence-electron chi connectivity index (χ0n) is 13.3. The zero-order valence-corrected chi connectivity index (χ0v) is 13.3. The molecule has 0 spiro atoms. The standard InChI is InChI=1S/C17H19N3O4/c1-12-9-19(11-15(24-12)17(22)23)16(21)14-5-3-13(4-6-14)10-20-8-2-7-18-20/h2-8,12,15H,9-11H2,1H3,(H,22,23)/t12-,15?/m1/s1. The number of rotatable bonds is 4. The highest BCUT2D eigenvalue weighted by Crippen LogP contribution is 2.16. The number of aromatic nitrogens is 2. The predicted octanol–water partition coefficient (Wildman–Crippen LogP) is 1.25. The van der Waals surface area contributed by atoms with Crippen LogP contribution in [0.2, 0.25) is 0 Å². The van der Waals surface area contributed by atoms with Crippen molar-refractivity contribution in [1.29, 1.82) is 0 Å². The molecule has 2 heterocycles. The molecule has 7 heteroatoms. The molecule has 2 atom stereocenters. The Morgan fingerprint density at radius 1 is 1.29 bits per heavy atom. The Bertz CT molecular complexity index is 712. The molecule has 24 heavy (non-hydrogen) atoms. The van der Waals surface area contributed by atoms with Gasteiger partial charge in [-0.25, -0.2) is 4.79 Å². The number of benzene rings is 1. The van der Waals surface area contributed by atoms with Gasteiger partial charge in [0.1, 0.15) is 0 Å².